The molecule has 3 heteroatoms. The second-order valence-electron chi connectivity index (χ2n) is 3.93. The van der Waals surface area contributed by atoms with Crippen LogP contribution in [0.3, 0.4) is 0 Å². The molecule has 0 fully saturated rings. The molecule has 0 spiro atoms. The van der Waals surface area contributed by atoms with E-state index in [2.05, 4.69) is 0 Å². The maximum Gasteiger partial charge on any atom is 0.166 e. The topological polar surface area (TPSA) is 33.0 Å². The van der Waals surface area contributed by atoms with Gasteiger partial charge >= 0.3 is 0 Å². The van der Waals surface area contributed by atoms with E-state index in [4.69, 9.17) is 10.00 Å². The van der Waals surface area contributed by atoms with Gasteiger partial charge < -0.3 is 4.74 Å². The molecule has 2 aromatic carbocycles. The zero-order valence-corrected chi connectivity index (χ0v) is 9.93. The highest BCUT2D eigenvalue weighted by molar-refractivity contribution is 5.36. The van der Waals surface area contributed by atoms with Crippen LogP contribution < -0.4 is 4.74 Å². The average Bonchev–Trinajstić information content (AvgIpc) is 2.42. The second-order valence-corrected chi connectivity index (χ2v) is 3.93. The van der Waals surface area contributed by atoms with Crippen LogP contribution in [0.5, 0.6) is 5.75 Å². The highest BCUT2D eigenvalue weighted by Crippen LogP contribution is 2.24. The van der Waals surface area contributed by atoms with Crippen LogP contribution in [0.1, 0.15) is 24.2 Å². The van der Waals surface area contributed by atoms with Gasteiger partial charge in [0.15, 0.2) is 11.6 Å². The van der Waals surface area contributed by atoms with Gasteiger partial charge in [-0.1, -0.05) is 30.3 Å². The van der Waals surface area contributed by atoms with E-state index in [1.165, 1.54) is 18.2 Å². The van der Waals surface area contributed by atoms with E-state index in [9.17, 15) is 4.39 Å². The second kappa shape index (κ2) is 5.33. The Kier molecular flexibility index (Phi) is 3.59. The highest BCUT2D eigenvalue weighted by atomic mass is 19.1. The molecule has 18 heavy (non-hydrogen) atoms. The molecule has 0 saturated carbocycles. The third-order valence-corrected chi connectivity index (χ3v) is 2.63. The zero-order chi connectivity index (χ0) is 13.0. The fraction of sp³-hybridized carbons (Fsp3) is 0.133. The molecule has 0 aliphatic heterocycles. The van der Waals surface area contributed by atoms with E-state index in [-0.39, 0.29) is 17.4 Å². The number of hydrogen-bond donors (Lipinski definition) is 0. The van der Waals surface area contributed by atoms with Crippen molar-refractivity contribution in [1.82, 2.24) is 0 Å². The first-order chi connectivity index (χ1) is 8.70. The van der Waals surface area contributed by atoms with Crippen molar-refractivity contribution in [3.05, 3.63) is 65.5 Å². The Morgan fingerprint density at radius 3 is 2.50 bits per heavy atom. The molecule has 90 valence electrons. The lowest BCUT2D eigenvalue weighted by molar-refractivity contribution is 0.216. The first-order valence-electron chi connectivity index (χ1n) is 5.62. The summed E-state index contributed by atoms with van der Waals surface area (Å²) in [7, 11) is 0. The minimum absolute atomic E-state index is 0.158. The predicted molar refractivity (Wildman–Crippen MR) is 66.6 cm³/mol. The monoisotopic (exact) mass is 241 g/mol. The van der Waals surface area contributed by atoms with E-state index < -0.39 is 5.82 Å². The van der Waals surface area contributed by atoms with Crippen molar-refractivity contribution >= 4 is 0 Å². The maximum atomic E-state index is 13.6. The van der Waals surface area contributed by atoms with Crippen LogP contribution in [0, 0.1) is 17.1 Å². The molecular weight excluding hydrogens is 229 g/mol. The average molecular weight is 241 g/mol. The molecule has 2 aromatic rings. The maximum absolute atomic E-state index is 13.6. The largest absolute Gasteiger partial charge is 0.483 e. The standard InChI is InChI=1S/C15H12FNO/c1-11(13-5-3-2-4-6-13)18-15-8-7-12(10-17)9-14(15)16/h2-9,11H,1H3. The summed E-state index contributed by atoms with van der Waals surface area (Å²) in [5.41, 5.74) is 1.26. The van der Waals surface area contributed by atoms with Crippen LogP contribution >= 0.6 is 0 Å². The van der Waals surface area contributed by atoms with E-state index in [0.717, 1.165) is 5.56 Å². The SMILES string of the molecule is CC(Oc1ccc(C#N)cc1F)c1ccccc1. The molecule has 0 aliphatic rings. The molecule has 0 aliphatic carbocycles. The molecule has 0 amide bonds. The number of nitriles is 1. The lowest BCUT2D eigenvalue weighted by Crippen LogP contribution is -2.04. The number of hydrogen-bond acceptors (Lipinski definition) is 2. The van der Waals surface area contributed by atoms with Crippen LogP contribution in [-0.4, -0.2) is 0 Å². The summed E-state index contributed by atoms with van der Waals surface area (Å²) in [6, 6.07) is 15.7. The van der Waals surface area contributed by atoms with Gasteiger partial charge in [0.1, 0.15) is 6.10 Å². The molecule has 0 bridgehead atoms. The number of benzene rings is 2. The van der Waals surface area contributed by atoms with Gasteiger partial charge in [-0.05, 0) is 30.7 Å². The fourth-order valence-electron chi connectivity index (χ4n) is 1.65. The molecule has 0 aromatic heterocycles. The van der Waals surface area contributed by atoms with Gasteiger partial charge in [0.05, 0.1) is 11.6 Å². The van der Waals surface area contributed by atoms with E-state index in [1.54, 1.807) is 0 Å². The minimum atomic E-state index is -0.517. The molecule has 2 rings (SSSR count). The Balaban J connectivity index is 2.18. The lowest BCUT2D eigenvalue weighted by atomic mass is 10.1. The number of rotatable bonds is 3. The van der Waals surface area contributed by atoms with Crippen molar-refractivity contribution in [2.75, 3.05) is 0 Å². The molecule has 0 radical (unpaired) electrons. The highest BCUT2D eigenvalue weighted by Gasteiger charge is 2.10. The summed E-state index contributed by atoms with van der Waals surface area (Å²) in [5.74, 6) is -0.359. The van der Waals surface area contributed by atoms with Gasteiger partial charge in [-0.25, -0.2) is 4.39 Å². The van der Waals surface area contributed by atoms with Crippen LogP contribution in [-0.2, 0) is 0 Å². The number of nitrogens with zero attached hydrogens (tertiary/aromatic N) is 1. The molecule has 0 saturated heterocycles. The quantitative estimate of drug-likeness (QED) is 0.818. The first-order valence-corrected chi connectivity index (χ1v) is 5.62. The van der Waals surface area contributed by atoms with Gasteiger partial charge in [-0.2, -0.15) is 5.26 Å². The molecule has 1 atom stereocenters. The van der Waals surface area contributed by atoms with E-state index in [1.807, 2.05) is 43.3 Å². The summed E-state index contributed by atoms with van der Waals surface area (Å²) >= 11 is 0. The smallest absolute Gasteiger partial charge is 0.166 e. The van der Waals surface area contributed by atoms with Crippen molar-refractivity contribution in [3.8, 4) is 11.8 Å². The molecule has 1 unspecified atom stereocenters. The van der Waals surface area contributed by atoms with Gasteiger partial charge in [0.2, 0.25) is 0 Å². The lowest BCUT2D eigenvalue weighted by Gasteiger charge is -2.15. The van der Waals surface area contributed by atoms with Crippen LogP contribution in [0.4, 0.5) is 4.39 Å². The number of halogens is 1. The summed E-state index contributed by atoms with van der Waals surface area (Å²) in [4.78, 5) is 0. The summed E-state index contributed by atoms with van der Waals surface area (Å²) < 4.78 is 19.2. The summed E-state index contributed by atoms with van der Waals surface area (Å²) in [5, 5.41) is 8.66. The van der Waals surface area contributed by atoms with Gasteiger partial charge in [0.25, 0.3) is 0 Å². The Labute approximate surface area is 105 Å². The normalized spacial score (nSPS) is 11.6. The van der Waals surface area contributed by atoms with Crippen molar-refractivity contribution < 1.29 is 9.13 Å². The van der Waals surface area contributed by atoms with Crippen molar-refractivity contribution in [2.45, 2.75) is 13.0 Å². The van der Waals surface area contributed by atoms with E-state index in [0.29, 0.717) is 0 Å². The van der Waals surface area contributed by atoms with Crippen molar-refractivity contribution in [1.29, 1.82) is 5.26 Å². The summed E-state index contributed by atoms with van der Waals surface area (Å²) in [6.07, 6.45) is -0.242. The van der Waals surface area contributed by atoms with E-state index >= 15 is 0 Å². The fourth-order valence-corrected chi connectivity index (χ4v) is 1.65. The minimum Gasteiger partial charge on any atom is -0.483 e. The molecule has 0 N–H and O–H groups in total. The zero-order valence-electron chi connectivity index (χ0n) is 9.93. The van der Waals surface area contributed by atoms with Gasteiger partial charge in [-0.3, -0.25) is 0 Å². The molecule has 2 nitrogen and oxygen atoms in total. The third kappa shape index (κ3) is 2.67. The van der Waals surface area contributed by atoms with Crippen molar-refractivity contribution in [3.63, 3.8) is 0 Å². The molecule has 0 heterocycles. The van der Waals surface area contributed by atoms with Crippen molar-refractivity contribution in [2.24, 2.45) is 0 Å². The van der Waals surface area contributed by atoms with Gasteiger partial charge in [0, 0.05) is 0 Å². The van der Waals surface area contributed by atoms with Gasteiger partial charge in [-0.15, -0.1) is 0 Å². The Morgan fingerprint density at radius 1 is 1.17 bits per heavy atom. The van der Waals surface area contributed by atoms with Crippen LogP contribution in [0.25, 0.3) is 0 Å². The van der Waals surface area contributed by atoms with Crippen LogP contribution in [0.15, 0.2) is 48.5 Å². The first kappa shape index (κ1) is 12.1. The Bertz CT molecular complexity index is 575. The Hall–Kier alpha value is -2.34. The third-order valence-electron chi connectivity index (χ3n) is 2.63. The van der Waals surface area contributed by atoms with Crippen LogP contribution in [0.2, 0.25) is 0 Å². The Morgan fingerprint density at radius 2 is 1.89 bits per heavy atom. The predicted octanol–water partition coefficient (Wildman–Crippen LogP) is 3.84. The molecular formula is C15H12FNO. The number of ether oxygens (including phenoxy) is 1. The summed E-state index contributed by atoms with van der Waals surface area (Å²) in [6.45, 7) is 1.85.